The van der Waals surface area contributed by atoms with Gasteiger partial charge in [-0.3, -0.25) is 10.1 Å². The molecule has 1 aromatic rings. The first-order valence-electron chi connectivity index (χ1n) is 4.61. The fourth-order valence-corrected chi connectivity index (χ4v) is 1.48. The van der Waals surface area contributed by atoms with Crippen molar-refractivity contribution in [2.45, 2.75) is 13.0 Å². The molecule has 0 fully saturated rings. The van der Waals surface area contributed by atoms with Crippen molar-refractivity contribution >= 4 is 23.1 Å². The largest absolute Gasteiger partial charge is 0.392 e. The quantitative estimate of drug-likeness (QED) is 0.642. The van der Waals surface area contributed by atoms with E-state index in [9.17, 15) is 15.2 Å². The van der Waals surface area contributed by atoms with E-state index in [1.54, 1.807) is 14.0 Å². The van der Waals surface area contributed by atoms with E-state index in [1.165, 1.54) is 17.2 Å². The highest BCUT2D eigenvalue weighted by molar-refractivity contribution is 6.30. The molecule has 1 N–H and O–H groups in total. The molecule has 0 saturated carbocycles. The molecule has 1 atom stereocenters. The molecule has 7 heteroatoms. The Hall–Kier alpha value is -1.40. The van der Waals surface area contributed by atoms with Gasteiger partial charge in [-0.15, -0.1) is 0 Å². The zero-order valence-electron chi connectivity index (χ0n) is 8.92. The number of pyridine rings is 1. The van der Waals surface area contributed by atoms with Gasteiger partial charge in [-0.1, -0.05) is 11.6 Å². The average Bonchev–Trinajstić information content (AvgIpc) is 2.16. The lowest BCUT2D eigenvalue weighted by Gasteiger charge is -2.19. The van der Waals surface area contributed by atoms with E-state index in [0.717, 1.165) is 0 Å². The van der Waals surface area contributed by atoms with Crippen molar-refractivity contribution in [2.75, 3.05) is 18.5 Å². The molecule has 0 radical (unpaired) electrons. The molecule has 16 heavy (non-hydrogen) atoms. The van der Waals surface area contributed by atoms with Gasteiger partial charge >= 0.3 is 5.69 Å². The van der Waals surface area contributed by atoms with Gasteiger partial charge in [0.15, 0.2) is 0 Å². The number of halogens is 1. The van der Waals surface area contributed by atoms with E-state index >= 15 is 0 Å². The van der Waals surface area contributed by atoms with Crippen LogP contribution in [0.5, 0.6) is 0 Å². The van der Waals surface area contributed by atoms with E-state index in [2.05, 4.69) is 4.98 Å². The third-order valence-electron chi connectivity index (χ3n) is 1.91. The molecule has 0 aliphatic carbocycles. The van der Waals surface area contributed by atoms with Crippen LogP contribution >= 0.6 is 11.6 Å². The van der Waals surface area contributed by atoms with E-state index < -0.39 is 11.0 Å². The third-order valence-corrected chi connectivity index (χ3v) is 2.12. The SMILES string of the molecule is CC(O)CN(C)c1ncc(Cl)cc1[N+](=O)[O-]. The molecule has 0 amide bonds. The average molecular weight is 246 g/mol. The Bertz CT molecular complexity index is 398. The van der Waals surface area contributed by atoms with Crippen LogP contribution in [0.2, 0.25) is 5.02 Å². The fraction of sp³-hybridized carbons (Fsp3) is 0.444. The van der Waals surface area contributed by atoms with Crippen LogP contribution in [0.25, 0.3) is 0 Å². The maximum absolute atomic E-state index is 10.8. The minimum atomic E-state index is -0.595. The highest BCUT2D eigenvalue weighted by Crippen LogP contribution is 2.27. The van der Waals surface area contributed by atoms with Crippen molar-refractivity contribution in [3.8, 4) is 0 Å². The minimum Gasteiger partial charge on any atom is -0.392 e. The molecule has 0 spiro atoms. The summed E-state index contributed by atoms with van der Waals surface area (Å²) in [5.74, 6) is 0.190. The number of aliphatic hydroxyl groups excluding tert-OH is 1. The number of hydrogen-bond acceptors (Lipinski definition) is 5. The number of nitro groups is 1. The second kappa shape index (κ2) is 5.09. The van der Waals surface area contributed by atoms with Crippen molar-refractivity contribution in [3.05, 3.63) is 27.4 Å². The smallest absolute Gasteiger partial charge is 0.313 e. The highest BCUT2D eigenvalue weighted by Gasteiger charge is 2.20. The first-order chi connectivity index (χ1) is 7.41. The van der Waals surface area contributed by atoms with E-state index in [0.29, 0.717) is 0 Å². The van der Waals surface area contributed by atoms with Crippen LogP contribution in [-0.4, -0.2) is 34.7 Å². The molecule has 0 aliphatic heterocycles. The molecule has 88 valence electrons. The van der Waals surface area contributed by atoms with Crippen LogP contribution in [0.4, 0.5) is 11.5 Å². The molecule has 0 aromatic carbocycles. The highest BCUT2D eigenvalue weighted by atomic mass is 35.5. The maximum Gasteiger partial charge on any atom is 0.313 e. The standard InChI is InChI=1S/C9H12ClN3O3/c1-6(14)5-12(2)9-8(13(15)16)3-7(10)4-11-9/h3-4,6,14H,5H2,1-2H3. The first-order valence-corrected chi connectivity index (χ1v) is 4.98. The summed E-state index contributed by atoms with van der Waals surface area (Å²) in [5.41, 5.74) is -0.171. The third kappa shape index (κ3) is 3.04. The van der Waals surface area contributed by atoms with Crippen LogP contribution < -0.4 is 4.90 Å². The summed E-state index contributed by atoms with van der Waals surface area (Å²) in [6, 6.07) is 1.24. The van der Waals surface area contributed by atoms with Crippen LogP contribution in [0.1, 0.15) is 6.92 Å². The van der Waals surface area contributed by atoms with Gasteiger partial charge in [0.25, 0.3) is 0 Å². The first kappa shape index (κ1) is 12.7. The number of anilines is 1. The Kier molecular flexibility index (Phi) is 4.03. The Morgan fingerprint density at radius 3 is 2.88 bits per heavy atom. The van der Waals surface area contributed by atoms with Crippen LogP contribution in [0, 0.1) is 10.1 Å². The predicted octanol–water partition coefficient (Wildman–Crippen LogP) is 1.46. The molecule has 1 unspecified atom stereocenters. The molecule has 0 saturated heterocycles. The van der Waals surface area contributed by atoms with Gasteiger partial charge in [-0.25, -0.2) is 4.98 Å². The van der Waals surface area contributed by atoms with Crippen molar-refractivity contribution in [2.24, 2.45) is 0 Å². The van der Waals surface area contributed by atoms with Gasteiger partial charge in [0.2, 0.25) is 5.82 Å². The monoisotopic (exact) mass is 245 g/mol. The maximum atomic E-state index is 10.8. The molecule has 1 rings (SSSR count). The summed E-state index contributed by atoms with van der Waals surface area (Å²) in [6.07, 6.45) is 0.740. The summed E-state index contributed by atoms with van der Waals surface area (Å²) in [5, 5.41) is 20.2. The lowest BCUT2D eigenvalue weighted by atomic mass is 10.3. The Morgan fingerprint density at radius 1 is 1.75 bits per heavy atom. The number of aromatic nitrogens is 1. The lowest BCUT2D eigenvalue weighted by molar-refractivity contribution is -0.384. The molecular formula is C9H12ClN3O3. The van der Waals surface area contributed by atoms with E-state index in [1.807, 2.05) is 0 Å². The molecule has 6 nitrogen and oxygen atoms in total. The zero-order chi connectivity index (χ0) is 12.3. The van der Waals surface area contributed by atoms with Crippen molar-refractivity contribution in [1.29, 1.82) is 0 Å². The van der Waals surface area contributed by atoms with Crippen LogP contribution in [0.3, 0.4) is 0 Å². The normalized spacial score (nSPS) is 12.2. The van der Waals surface area contributed by atoms with Crippen molar-refractivity contribution < 1.29 is 10.0 Å². The number of hydrogen-bond donors (Lipinski definition) is 1. The number of aliphatic hydroxyl groups is 1. The van der Waals surface area contributed by atoms with Crippen molar-refractivity contribution in [3.63, 3.8) is 0 Å². The predicted molar refractivity (Wildman–Crippen MR) is 60.9 cm³/mol. The van der Waals surface area contributed by atoms with Crippen molar-refractivity contribution in [1.82, 2.24) is 4.98 Å². The van der Waals surface area contributed by atoms with Gasteiger partial charge in [0, 0.05) is 25.9 Å². The van der Waals surface area contributed by atoms with E-state index in [4.69, 9.17) is 11.6 Å². The minimum absolute atomic E-state index is 0.171. The topological polar surface area (TPSA) is 79.5 Å². The number of likely N-dealkylation sites (N-methyl/N-ethyl adjacent to an activating group) is 1. The molecule has 0 bridgehead atoms. The molecule has 1 aromatic heterocycles. The van der Waals surface area contributed by atoms with Gasteiger partial charge in [0.1, 0.15) is 0 Å². The summed E-state index contributed by atoms with van der Waals surface area (Å²) in [4.78, 5) is 15.6. The van der Waals surface area contributed by atoms with Crippen LogP contribution in [-0.2, 0) is 0 Å². The second-order valence-electron chi connectivity index (χ2n) is 3.48. The summed E-state index contributed by atoms with van der Waals surface area (Å²) in [7, 11) is 1.62. The fourth-order valence-electron chi connectivity index (χ4n) is 1.33. The van der Waals surface area contributed by atoms with Gasteiger partial charge < -0.3 is 10.0 Å². The Balaban J connectivity index is 3.07. The molecule has 0 aliphatic rings. The zero-order valence-corrected chi connectivity index (χ0v) is 9.68. The summed E-state index contributed by atoms with van der Waals surface area (Å²) in [6.45, 7) is 1.85. The van der Waals surface area contributed by atoms with E-state index in [-0.39, 0.29) is 23.1 Å². The Labute approximate surface area is 97.6 Å². The second-order valence-corrected chi connectivity index (χ2v) is 3.92. The van der Waals surface area contributed by atoms with Crippen LogP contribution in [0.15, 0.2) is 12.3 Å². The summed E-state index contributed by atoms with van der Waals surface area (Å²) >= 11 is 5.64. The molecular weight excluding hydrogens is 234 g/mol. The molecule has 1 heterocycles. The van der Waals surface area contributed by atoms with Gasteiger partial charge in [-0.2, -0.15) is 0 Å². The number of nitrogens with zero attached hydrogens (tertiary/aromatic N) is 3. The Morgan fingerprint density at radius 2 is 2.38 bits per heavy atom. The van der Waals surface area contributed by atoms with Gasteiger partial charge in [0.05, 0.1) is 16.0 Å². The summed E-state index contributed by atoms with van der Waals surface area (Å²) < 4.78 is 0. The number of rotatable bonds is 4. The lowest BCUT2D eigenvalue weighted by Crippen LogP contribution is -2.28. The van der Waals surface area contributed by atoms with Gasteiger partial charge in [-0.05, 0) is 6.92 Å².